The molecule has 1 rings (SSSR count). The van der Waals surface area contributed by atoms with Crippen molar-refractivity contribution in [2.45, 2.75) is 12.8 Å². The van der Waals surface area contributed by atoms with Crippen LogP contribution in [0.2, 0.25) is 0 Å². The third-order valence-electron chi connectivity index (χ3n) is 1.79. The summed E-state index contributed by atoms with van der Waals surface area (Å²) in [4.78, 5) is 0. The molecule has 0 spiro atoms. The fraction of sp³-hybridized carbons (Fsp3) is 1.00. The van der Waals surface area contributed by atoms with Crippen LogP contribution in [0.5, 0.6) is 0 Å². The molecule has 2 heteroatoms. The maximum atomic E-state index is 3.34. The molecule has 1 nitrogen and oxygen atoms in total. The number of nitrogens with one attached hydrogen (secondary N) is 1. The van der Waals surface area contributed by atoms with E-state index in [1.165, 1.54) is 32.1 Å². The standard InChI is InChI=1S/C6H14NP/c8-5-6-1-3-7-4-2-6/h6-7H,1-5,8H2. The van der Waals surface area contributed by atoms with Gasteiger partial charge in [0.1, 0.15) is 0 Å². The summed E-state index contributed by atoms with van der Waals surface area (Å²) in [6, 6.07) is 0. The average molecular weight is 131 g/mol. The van der Waals surface area contributed by atoms with Crippen LogP contribution in [-0.2, 0) is 0 Å². The quantitative estimate of drug-likeness (QED) is 0.520. The Morgan fingerprint density at radius 1 is 1.38 bits per heavy atom. The number of piperidine rings is 1. The van der Waals surface area contributed by atoms with Crippen LogP contribution in [0.1, 0.15) is 12.8 Å². The largest absolute Gasteiger partial charge is 0.317 e. The summed E-state index contributed by atoms with van der Waals surface area (Å²) in [6.07, 6.45) is 4.05. The molecule has 1 unspecified atom stereocenters. The maximum absolute atomic E-state index is 3.34. The zero-order chi connectivity index (χ0) is 5.82. The van der Waals surface area contributed by atoms with Crippen molar-refractivity contribution in [1.82, 2.24) is 5.32 Å². The van der Waals surface area contributed by atoms with Crippen molar-refractivity contribution in [2.24, 2.45) is 5.92 Å². The molecular formula is C6H14NP. The first-order chi connectivity index (χ1) is 3.93. The van der Waals surface area contributed by atoms with Gasteiger partial charge in [-0.05, 0) is 38.0 Å². The molecule has 1 aliphatic heterocycles. The second-order valence-corrected chi connectivity index (χ2v) is 2.90. The molecule has 0 aromatic carbocycles. The van der Waals surface area contributed by atoms with Crippen molar-refractivity contribution in [3.63, 3.8) is 0 Å². The molecule has 1 N–H and O–H groups in total. The predicted octanol–water partition coefficient (Wildman–Crippen LogP) is 0.861. The summed E-state index contributed by atoms with van der Waals surface area (Å²) >= 11 is 0. The Bertz CT molecular complexity index is 59.5. The maximum Gasteiger partial charge on any atom is -0.00461 e. The lowest BCUT2D eigenvalue weighted by atomic mass is 10.0. The third kappa shape index (κ3) is 1.72. The number of hydrogen-bond acceptors (Lipinski definition) is 1. The van der Waals surface area contributed by atoms with E-state index in [4.69, 9.17) is 0 Å². The van der Waals surface area contributed by atoms with Gasteiger partial charge in [-0.1, -0.05) is 0 Å². The van der Waals surface area contributed by atoms with Crippen LogP contribution in [0.4, 0.5) is 0 Å². The molecule has 8 heavy (non-hydrogen) atoms. The summed E-state index contributed by atoms with van der Waals surface area (Å²) in [5.41, 5.74) is 0. The van der Waals surface area contributed by atoms with Crippen molar-refractivity contribution < 1.29 is 0 Å². The van der Waals surface area contributed by atoms with Gasteiger partial charge in [0.15, 0.2) is 0 Å². The molecule has 0 amide bonds. The van der Waals surface area contributed by atoms with E-state index in [1.807, 2.05) is 0 Å². The molecule has 0 aromatic heterocycles. The highest BCUT2D eigenvalue weighted by molar-refractivity contribution is 7.16. The summed E-state index contributed by atoms with van der Waals surface area (Å²) in [5.74, 6) is 0.987. The van der Waals surface area contributed by atoms with Crippen LogP contribution < -0.4 is 5.32 Å². The first kappa shape index (κ1) is 6.51. The van der Waals surface area contributed by atoms with Crippen molar-refractivity contribution in [3.05, 3.63) is 0 Å². The highest BCUT2D eigenvalue weighted by Crippen LogP contribution is 2.13. The Labute approximate surface area is 53.4 Å². The molecule has 48 valence electrons. The van der Waals surface area contributed by atoms with Crippen molar-refractivity contribution in [3.8, 4) is 0 Å². The second kappa shape index (κ2) is 3.42. The van der Waals surface area contributed by atoms with E-state index >= 15 is 0 Å². The zero-order valence-corrected chi connectivity index (χ0v) is 6.34. The van der Waals surface area contributed by atoms with Gasteiger partial charge in [0.25, 0.3) is 0 Å². The predicted molar refractivity (Wildman–Crippen MR) is 40.2 cm³/mol. The smallest absolute Gasteiger partial charge is 0.00461 e. The van der Waals surface area contributed by atoms with E-state index < -0.39 is 0 Å². The highest BCUT2D eigenvalue weighted by atomic mass is 31.0. The Hall–Kier alpha value is 0.390. The van der Waals surface area contributed by atoms with Crippen LogP contribution in [0.15, 0.2) is 0 Å². The molecule has 1 atom stereocenters. The van der Waals surface area contributed by atoms with E-state index in [9.17, 15) is 0 Å². The van der Waals surface area contributed by atoms with Crippen LogP contribution in [-0.4, -0.2) is 19.3 Å². The van der Waals surface area contributed by atoms with Crippen LogP contribution in [0.25, 0.3) is 0 Å². The summed E-state index contributed by atoms with van der Waals surface area (Å²) in [7, 11) is 2.82. The van der Waals surface area contributed by atoms with E-state index in [0.717, 1.165) is 5.92 Å². The zero-order valence-electron chi connectivity index (χ0n) is 5.19. The van der Waals surface area contributed by atoms with Gasteiger partial charge in [-0.15, -0.1) is 9.24 Å². The Kier molecular flexibility index (Phi) is 2.78. The Morgan fingerprint density at radius 3 is 2.38 bits per heavy atom. The Balaban J connectivity index is 2.13. The lowest BCUT2D eigenvalue weighted by Crippen LogP contribution is -2.28. The minimum absolute atomic E-state index is 0.987. The van der Waals surface area contributed by atoms with Gasteiger partial charge in [0.2, 0.25) is 0 Å². The molecular weight excluding hydrogens is 117 g/mol. The number of rotatable bonds is 1. The monoisotopic (exact) mass is 131 g/mol. The van der Waals surface area contributed by atoms with Gasteiger partial charge in [-0.3, -0.25) is 0 Å². The second-order valence-electron chi connectivity index (χ2n) is 2.43. The fourth-order valence-corrected chi connectivity index (χ4v) is 1.59. The summed E-state index contributed by atoms with van der Waals surface area (Å²) < 4.78 is 0. The first-order valence-electron chi connectivity index (χ1n) is 3.34. The van der Waals surface area contributed by atoms with Crippen molar-refractivity contribution in [2.75, 3.05) is 19.3 Å². The van der Waals surface area contributed by atoms with Gasteiger partial charge in [-0.2, -0.15) is 0 Å². The SMILES string of the molecule is PCC1CCNCC1. The van der Waals surface area contributed by atoms with E-state index in [-0.39, 0.29) is 0 Å². The molecule has 0 aliphatic carbocycles. The lowest BCUT2D eigenvalue weighted by molar-refractivity contribution is 0.407. The van der Waals surface area contributed by atoms with Crippen molar-refractivity contribution in [1.29, 1.82) is 0 Å². The van der Waals surface area contributed by atoms with Gasteiger partial charge in [-0.25, -0.2) is 0 Å². The Morgan fingerprint density at radius 2 is 2.00 bits per heavy atom. The molecule has 1 aliphatic rings. The van der Waals surface area contributed by atoms with Gasteiger partial charge in [0, 0.05) is 0 Å². The summed E-state index contributed by atoms with van der Waals surface area (Å²) in [5, 5.41) is 3.34. The molecule has 0 saturated carbocycles. The van der Waals surface area contributed by atoms with E-state index in [0.29, 0.717) is 0 Å². The topological polar surface area (TPSA) is 12.0 Å². The fourth-order valence-electron chi connectivity index (χ4n) is 1.12. The van der Waals surface area contributed by atoms with Gasteiger partial charge < -0.3 is 5.32 Å². The minimum atomic E-state index is 0.987. The normalized spacial score (nSPS) is 23.6. The molecule has 1 fully saturated rings. The molecule has 0 aromatic rings. The third-order valence-corrected chi connectivity index (χ3v) is 2.46. The highest BCUT2D eigenvalue weighted by Gasteiger charge is 2.09. The van der Waals surface area contributed by atoms with Gasteiger partial charge >= 0.3 is 0 Å². The van der Waals surface area contributed by atoms with Crippen molar-refractivity contribution >= 4 is 9.24 Å². The van der Waals surface area contributed by atoms with Crippen LogP contribution >= 0.6 is 9.24 Å². The molecule has 0 radical (unpaired) electrons. The number of hydrogen-bond donors (Lipinski definition) is 1. The molecule has 1 saturated heterocycles. The van der Waals surface area contributed by atoms with E-state index in [1.54, 1.807) is 0 Å². The average Bonchev–Trinajstić information content (AvgIpc) is 1.90. The van der Waals surface area contributed by atoms with Crippen LogP contribution in [0, 0.1) is 5.92 Å². The molecule has 1 heterocycles. The summed E-state index contributed by atoms with van der Waals surface area (Å²) in [6.45, 7) is 2.47. The van der Waals surface area contributed by atoms with Crippen LogP contribution in [0.3, 0.4) is 0 Å². The first-order valence-corrected chi connectivity index (χ1v) is 4.16. The minimum Gasteiger partial charge on any atom is -0.317 e. The van der Waals surface area contributed by atoms with Gasteiger partial charge in [0.05, 0.1) is 0 Å². The lowest BCUT2D eigenvalue weighted by Gasteiger charge is -2.20. The molecule has 0 bridgehead atoms. The van der Waals surface area contributed by atoms with E-state index in [2.05, 4.69) is 14.6 Å².